The third-order valence-electron chi connectivity index (χ3n) is 3.21. The number of thioether (sulfide) groups is 1. The van der Waals surface area contributed by atoms with E-state index in [4.69, 9.17) is 15.6 Å². The van der Waals surface area contributed by atoms with Gasteiger partial charge in [0.2, 0.25) is 0 Å². The maximum absolute atomic E-state index is 10.9. The predicted molar refractivity (Wildman–Crippen MR) is 70.3 cm³/mol. The molecular weight excluding hydrogens is 238 g/mol. The third-order valence-corrected chi connectivity index (χ3v) is 4.75. The topological polar surface area (TPSA) is 72.6 Å². The van der Waals surface area contributed by atoms with Crippen LogP contribution in [0.4, 0.5) is 0 Å². The zero-order valence-electron chi connectivity index (χ0n) is 11.0. The molecule has 2 atom stereocenters. The molecular formula is C12H23NO3S. The van der Waals surface area contributed by atoms with Gasteiger partial charge >= 0.3 is 5.97 Å². The van der Waals surface area contributed by atoms with Crippen LogP contribution in [0.2, 0.25) is 0 Å². The fraction of sp³-hybridized carbons (Fsp3) is 0.917. The Morgan fingerprint density at radius 2 is 2.24 bits per heavy atom. The summed E-state index contributed by atoms with van der Waals surface area (Å²) in [6, 6.07) is -0.845. The summed E-state index contributed by atoms with van der Waals surface area (Å²) in [6.45, 7) is 7.92. The Labute approximate surface area is 107 Å². The summed E-state index contributed by atoms with van der Waals surface area (Å²) < 4.78 is 5.41. The first-order chi connectivity index (χ1) is 7.64. The molecule has 1 saturated heterocycles. The smallest absolute Gasteiger partial charge is 0.321 e. The van der Waals surface area contributed by atoms with E-state index in [-0.39, 0.29) is 11.7 Å². The van der Waals surface area contributed by atoms with Gasteiger partial charge in [0.1, 0.15) is 6.04 Å². The predicted octanol–water partition coefficient (Wildman–Crippen LogP) is 1.87. The van der Waals surface area contributed by atoms with Crippen molar-refractivity contribution in [3.8, 4) is 0 Å². The van der Waals surface area contributed by atoms with E-state index in [0.717, 1.165) is 18.6 Å². The van der Waals surface area contributed by atoms with Gasteiger partial charge in [0.05, 0.1) is 11.7 Å². The molecule has 1 unspecified atom stereocenters. The number of rotatable bonds is 5. The fourth-order valence-corrected chi connectivity index (χ4v) is 3.02. The fourth-order valence-electron chi connectivity index (χ4n) is 1.89. The summed E-state index contributed by atoms with van der Waals surface area (Å²) in [4.78, 5) is 10.9. The van der Waals surface area contributed by atoms with E-state index in [2.05, 4.69) is 13.8 Å². The van der Waals surface area contributed by atoms with E-state index in [9.17, 15) is 4.79 Å². The first kappa shape index (κ1) is 14.8. The number of ether oxygens (including phenoxy) is 1. The number of carbonyl (C=O) groups is 1. The molecule has 0 amide bonds. The van der Waals surface area contributed by atoms with Crippen LogP contribution in [-0.2, 0) is 9.53 Å². The molecule has 100 valence electrons. The summed E-state index contributed by atoms with van der Waals surface area (Å²) in [5, 5.41) is 8.92. The lowest BCUT2D eigenvalue weighted by molar-refractivity contribution is -0.139. The summed E-state index contributed by atoms with van der Waals surface area (Å²) in [7, 11) is 0. The highest BCUT2D eigenvalue weighted by Crippen LogP contribution is 2.35. The van der Waals surface area contributed by atoms with Crippen LogP contribution in [0.1, 0.15) is 40.5 Å². The van der Waals surface area contributed by atoms with Crippen LogP contribution in [0.5, 0.6) is 0 Å². The van der Waals surface area contributed by atoms with Gasteiger partial charge in [-0.1, -0.05) is 0 Å². The van der Waals surface area contributed by atoms with Gasteiger partial charge in [-0.25, -0.2) is 0 Å². The molecule has 17 heavy (non-hydrogen) atoms. The molecule has 0 spiro atoms. The number of aliphatic carboxylic acids is 1. The van der Waals surface area contributed by atoms with Crippen LogP contribution in [0.15, 0.2) is 0 Å². The molecule has 0 aliphatic carbocycles. The van der Waals surface area contributed by atoms with E-state index in [0.29, 0.717) is 0 Å². The minimum Gasteiger partial charge on any atom is -0.480 e. The van der Waals surface area contributed by atoms with E-state index < -0.39 is 16.8 Å². The van der Waals surface area contributed by atoms with Gasteiger partial charge in [-0.3, -0.25) is 4.79 Å². The van der Waals surface area contributed by atoms with Crippen molar-refractivity contribution in [3.05, 3.63) is 0 Å². The Kier molecular flexibility index (Phi) is 4.49. The maximum Gasteiger partial charge on any atom is 0.321 e. The molecule has 0 aromatic carbocycles. The van der Waals surface area contributed by atoms with Crippen LogP contribution in [0.25, 0.3) is 0 Å². The molecule has 1 rings (SSSR count). The normalized spacial score (nSPS) is 25.8. The number of carboxylic acids is 1. The maximum atomic E-state index is 10.9. The minimum atomic E-state index is -0.949. The standard InChI is InChI=1S/C12H23NO3S/c1-11(2)6-5-8(16-11)7-17-12(3,4)9(13)10(14)15/h8-9H,5-7,13H2,1-4H3,(H,14,15)/t8?,9-/m0/s1. The molecule has 0 radical (unpaired) electrons. The Hall–Kier alpha value is -0.260. The Morgan fingerprint density at radius 1 is 1.65 bits per heavy atom. The first-order valence-corrected chi connectivity index (χ1v) is 6.93. The lowest BCUT2D eigenvalue weighted by Gasteiger charge is -2.29. The summed E-state index contributed by atoms with van der Waals surface area (Å²) in [6.07, 6.45) is 2.32. The minimum absolute atomic E-state index is 0.0374. The van der Waals surface area contributed by atoms with E-state index in [1.54, 1.807) is 11.8 Å². The van der Waals surface area contributed by atoms with Crippen LogP contribution in [-0.4, -0.2) is 39.3 Å². The second-order valence-electron chi connectivity index (χ2n) is 5.77. The highest BCUT2D eigenvalue weighted by molar-refractivity contribution is 8.00. The van der Waals surface area contributed by atoms with Crippen molar-refractivity contribution in [2.24, 2.45) is 5.73 Å². The largest absolute Gasteiger partial charge is 0.480 e. The Bertz CT molecular complexity index is 291. The molecule has 0 saturated carbocycles. The molecule has 1 aliphatic rings. The quantitative estimate of drug-likeness (QED) is 0.790. The monoisotopic (exact) mass is 261 g/mol. The zero-order valence-corrected chi connectivity index (χ0v) is 11.8. The molecule has 1 heterocycles. The number of hydrogen-bond donors (Lipinski definition) is 2. The molecule has 4 nitrogen and oxygen atoms in total. The number of carboxylic acid groups (broad SMARTS) is 1. The van der Waals surface area contributed by atoms with Crippen molar-refractivity contribution >= 4 is 17.7 Å². The van der Waals surface area contributed by atoms with Crippen molar-refractivity contribution in [2.75, 3.05) is 5.75 Å². The average Bonchev–Trinajstić information content (AvgIpc) is 2.54. The van der Waals surface area contributed by atoms with E-state index >= 15 is 0 Å². The summed E-state index contributed by atoms with van der Waals surface area (Å²) in [5.41, 5.74) is 5.63. The third kappa shape index (κ3) is 4.16. The number of nitrogens with two attached hydrogens (primary N) is 1. The van der Waals surface area contributed by atoms with Gasteiger partial charge in [0.15, 0.2) is 0 Å². The highest BCUT2D eigenvalue weighted by Gasteiger charge is 2.36. The van der Waals surface area contributed by atoms with Crippen LogP contribution >= 0.6 is 11.8 Å². The SMILES string of the molecule is CC1(C)CCC(CSC(C)(C)[C@@H](N)C(=O)O)O1. The Morgan fingerprint density at radius 3 is 2.65 bits per heavy atom. The summed E-state index contributed by atoms with van der Waals surface area (Å²) >= 11 is 1.58. The first-order valence-electron chi connectivity index (χ1n) is 5.94. The van der Waals surface area contributed by atoms with Crippen LogP contribution in [0.3, 0.4) is 0 Å². The highest BCUT2D eigenvalue weighted by atomic mass is 32.2. The van der Waals surface area contributed by atoms with Gasteiger partial charge in [-0.2, -0.15) is 11.8 Å². The van der Waals surface area contributed by atoms with Gasteiger partial charge < -0.3 is 15.6 Å². The molecule has 0 aromatic heterocycles. The molecule has 1 aliphatic heterocycles. The number of hydrogen-bond acceptors (Lipinski definition) is 4. The molecule has 0 bridgehead atoms. The zero-order chi connectivity index (χ0) is 13.3. The van der Waals surface area contributed by atoms with Crippen LogP contribution < -0.4 is 5.73 Å². The van der Waals surface area contributed by atoms with Gasteiger partial charge in [0, 0.05) is 10.5 Å². The molecule has 5 heteroatoms. The van der Waals surface area contributed by atoms with Gasteiger partial charge in [-0.15, -0.1) is 0 Å². The van der Waals surface area contributed by atoms with Crippen molar-refractivity contribution in [1.82, 2.24) is 0 Å². The van der Waals surface area contributed by atoms with Crippen molar-refractivity contribution in [1.29, 1.82) is 0 Å². The van der Waals surface area contributed by atoms with Crippen molar-refractivity contribution in [3.63, 3.8) is 0 Å². The van der Waals surface area contributed by atoms with Crippen molar-refractivity contribution < 1.29 is 14.6 Å². The summed E-state index contributed by atoms with van der Waals surface area (Å²) in [5.74, 6) is -0.146. The lowest BCUT2D eigenvalue weighted by Crippen LogP contribution is -2.47. The Balaban J connectivity index is 2.43. The molecule has 0 aromatic rings. The van der Waals surface area contributed by atoms with E-state index in [1.165, 1.54) is 0 Å². The van der Waals surface area contributed by atoms with E-state index in [1.807, 2.05) is 13.8 Å². The second-order valence-corrected chi connectivity index (χ2v) is 7.44. The average molecular weight is 261 g/mol. The van der Waals surface area contributed by atoms with Crippen LogP contribution in [0, 0.1) is 0 Å². The van der Waals surface area contributed by atoms with Gasteiger partial charge in [0.25, 0.3) is 0 Å². The van der Waals surface area contributed by atoms with Crippen molar-refractivity contribution in [2.45, 2.75) is 63.0 Å². The molecule has 3 N–H and O–H groups in total. The second kappa shape index (κ2) is 5.16. The molecule has 1 fully saturated rings. The lowest BCUT2D eigenvalue weighted by atomic mass is 10.1. The van der Waals surface area contributed by atoms with Gasteiger partial charge in [-0.05, 0) is 40.5 Å².